The molecule has 0 aromatic rings. The Morgan fingerprint density at radius 1 is 1.40 bits per heavy atom. The van der Waals surface area contributed by atoms with Gasteiger partial charge in [0.05, 0.1) is 12.7 Å². The first-order chi connectivity index (χ1) is 7.13. The zero-order valence-electron chi connectivity index (χ0n) is 9.32. The number of rotatable bonds is 7. The van der Waals surface area contributed by atoms with Crippen LogP contribution in [0.25, 0.3) is 0 Å². The van der Waals surface area contributed by atoms with E-state index < -0.39 is 5.97 Å². The van der Waals surface area contributed by atoms with E-state index in [1.165, 1.54) is 19.8 Å². The molecule has 0 spiro atoms. The predicted molar refractivity (Wildman–Crippen MR) is 54.4 cm³/mol. The van der Waals surface area contributed by atoms with Crippen LogP contribution in [0.15, 0.2) is 0 Å². The first-order valence-electron chi connectivity index (χ1n) is 5.31. The number of hydrogen-bond donors (Lipinski definition) is 0. The van der Waals surface area contributed by atoms with Crippen molar-refractivity contribution < 1.29 is 19.1 Å². The highest BCUT2D eigenvalue weighted by molar-refractivity contribution is 5.94. The van der Waals surface area contributed by atoms with Gasteiger partial charge in [0, 0.05) is 13.5 Å². The molecule has 1 aliphatic carbocycles. The Morgan fingerprint density at radius 2 is 2.07 bits per heavy atom. The van der Waals surface area contributed by atoms with Crippen LogP contribution in [0.2, 0.25) is 0 Å². The number of ketones is 1. The van der Waals surface area contributed by atoms with E-state index in [2.05, 4.69) is 0 Å². The van der Waals surface area contributed by atoms with Crippen LogP contribution in [0.5, 0.6) is 0 Å². The maximum absolute atomic E-state index is 11.0. The fourth-order valence-electron chi connectivity index (χ4n) is 1.56. The third-order valence-corrected chi connectivity index (χ3v) is 2.51. The zero-order chi connectivity index (χ0) is 11.3. The van der Waals surface area contributed by atoms with Gasteiger partial charge in [-0.1, -0.05) is 0 Å². The molecule has 0 N–H and O–H groups in total. The number of carbonyl (C=O) groups excluding carboxylic acids is 2. The van der Waals surface area contributed by atoms with Crippen molar-refractivity contribution in [1.82, 2.24) is 0 Å². The Hall–Kier alpha value is -0.900. The smallest absolute Gasteiger partial charge is 0.313 e. The highest BCUT2D eigenvalue weighted by atomic mass is 16.5. The second-order valence-electron chi connectivity index (χ2n) is 4.00. The molecule has 1 unspecified atom stereocenters. The minimum atomic E-state index is -0.437. The minimum absolute atomic E-state index is 0.124. The Bertz CT molecular complexity index is 233. The lowest BCUT2D eigenvalue weighted by atomic mass is 10.2. The molecule has 15 heavy (non-hydrogen) atoms. The quantitative estimate of drug-likeness (QED) is 0.474. The minimum Gasteiger partial charge on any atom is -0.465 e. The summed E-state index contributed by atoms with van der Waals surface area (Å²) in [5.74, 6) is 0.0418. The molecule has 1 fully saturated rings. The lowest BCUT2D eigenvalue weighted by molar-refractivity contribution is -0.146. The number of ether oxygens (including phenoxy) is 2. The first kappa shape index (κ1) is 12.2. The lowest BCUT2D eigenvalue weighted by Crippen LogP contribution is -2.18. The fourth-order valence-corrected chi connectivity index (χ4v) is 1.56. The first-order valence-corrected chi connectivity index (χ1v) is 5.31. The van der Waals surface area contributed by atoms with Gasteiger partial charge in [-0.3, -0.25) is 9.59 Å². The predicted octanol–water partition coefficient (Wildman–Crippen LogP) is 1.32. The van der Waals surface area contributed by atoms with Crippen molar-refractivity contribution in [2.75, 3.05) is 13.7 Å². The van der Waals surface area contributed by atoms with Crippen LogP contribution in [0, 0.1) is 5.92 Å². The maximum atomic E-state index is 11.0. The van der Waals surface area contributed by atoms with Crippen LogP contribution in [0.1, 0.15) is 32.6 Å². The third kappa shape index (κ3) is 4.93. The maximum Gasteiger partial charge on any atom is 0.313 e. The van der Waals surface area contributed by atoms with Crippen molar-refractivity contribution in [3.05, 3.63) is 0 Å². The van der Waals surface area contributed by atoms with Gasteiger partial charge < -0.3 is 9.47 Å². The highest BCUT2D eigenvalue weighted by Gasteiger charge is 2.31. The van der Waals surface area contributed by atoms with Crippen LogP contribution < -0.4 is 0 Å². The van der Waals surface area contributed by atoms with E-state index in [9.17, 15) is 9.59 Å². The summed E-state index contributed by atoms with van der Waals surface area (Å²) >= 11 is 0. The number of hydrogen-bond acceptors (Lipinski definition) is 4. The van der Waals surface area contributed by atoms with E-state index in [-0.39, 0.29) is 18.3 Å². The zero-order valence-corrected chi connectivity index (χ0v) is 9.32. The van der Waals surface area contributed by atoms with Gasteiger partial charge in [-0.25, -0.2) is 0 Å². The number of carbonyl (C=O) groups is 2. The molecule has 1 atom stereocenters. The summed E-state index contributed by atoms with van der Waals surface area (Å²) in [6.45, 7) is 1.73. The molecule has 1 aliphatic rings. The van der Waals surface area contributed by atoms with Gasteiger partial charge in [-0.05, 0) is 25.7 Å². The summed E-state index contributed by atoms with van der Waals surface area (Å²) in [5.41, 5.74) is 0. The summed E-state index contributed by atoms with van der Waals surface area (Å²) in [7, 11) is 1.68. The van der Waals surface area contributed by atoms with E-state index in [4.69, 9.17) is 9.47 Å². The Labute approximate surface area is 89.9 Å². The van der Waals surface area contributed by atoms with Crippen molar-refractivity contribution in [2.45, 2.75) is 38.7 Å². The number of Topliss-reactive ketones (excluding diaryl/α,β-unsaturated/α-hetero) is 1. The lowest BCUT2D eigenvalue weighted by Gasteiger charge is -2.13. The Morgan fingerprint density at radius 3 is 2.53 bits per heavy atom. The summed E-state index contributed by atoms with van der Waals surface area (Å²) in [4.78, 5) is 21.6. The van der Waals surface area contributed by atoms with E-state index in [1.54, 1.807) is 7.11 Å². The van der Waals surface area contributed by atoms with Gasteiger partial charge in [0.2, 0.25) is 0 Å². The SMILES string of the molecule is COC(CCOC(=O)CC(C)=O)C1CC1. The van der Waals surface area contributed by atoms with E-state index in [0.29, 0.717) is 12.5 Å². The molecule has 0 amide bonds. The molecule has 0 aromatic carbocycles. The normalized spacial score (nSPS) is 17.2. The molecule has 4 nitrogen and oxygen atoms in total. The Balaban J connectivity index is 2.08. The van der Waals surface area contributed by atoms with E-state index >= 15 is 0 Å². The van der Waals surface area contributed by atoms with Crippen LogP contribution in [0.4, 0.5) is 0 Å². The van der Waals surface area contributed by atoms with Gasteiger partial charge in [-0.15, -0.1) is 0 Å². The monoisotopic (exact) mass is 214 g/mol. The number of methoxy groups -OCH3 is 1. The second kappa shape index (κ2) is 5.85. The summed E-state index contributed by atoms with van der Waals surface area (Å²) in [5, 5.41) is 0. The van der Waals surface area contributed by atoms with Crippen molar-refractivity contribution in [3.63, 3.8) is 0 Å². The molecule has 1 rings (SSSR count). The molecule has 0 aromatic heterocycles. The topological polar surface area (TPSA) is 52.6 Å². The van der Waals surface area contributed by atoms with Crippen LogP contribution in [-0.2, 0) is 19.1 Å². The molecular weight excluding hydrogens is 196 g/mol. The molecule has 1 saturated carbocycles. The summed E-state index contributed by atoms with van der Waals surface area (Å²) < 4.78 is 10.2. The number of esters is 1. The average molecular weight is 214 g/mol. The van der Waals surface area contributed by atoms with Crippen LogP contribution in [-0.4, -0.2) is 31.6 Å². The third-order valence-electron chi connectivity index (χ3n) is 2.51. The molecule has 0 bridgehead atoms. The summed E-state index contributed by atoms with van der Waals surface area (Å²) in [6, 6.07) is 0. The highest BCUT2D eigenvalue weighted by Crippen LogP contribution is 2.35. The van der Waals surface area contributed by atoms with Crippen LogP contribution in [0.3, 0.4) is 0 Å². The fraction of sp³-hybridized carbons (Fsp3) is 0.818. The summed E-state index contributed by atoms with van der Waals surface area (Å²) in [6.07, 6.45) is 3.22. The molecule has 0 radical (unpaired) electrons. The Kier molecular flexibility index (Phi) is 4.75. The van der Waals surface area contributed by atoms with Gasteiger partial charge in [0.1, 0.15) is 12.2 Å². The van der Waals surface area contributed by atoms with Crippen molar-refractivity contribution in [3.8, 4) is 0 Å². The molecular formula is C11H18O4. The average Bonchev–Trinajstić information content (AvgIpc) is 2.94. The standard InChI is InChI=1S/C11H18O4/c1-8(12)7-11(13)15-6-5-10(14-2)9-3-4-9/h9-10H,3-7H2,1-2H3. The largest absolute Gasteiger partial charge is 0.465 e. The van der Waals surface area contributed by atoms with Gasteiger partial charge in [0.25, 0.3) is 0 Å². The molecule has 0 heterocycles. The van der Waals surface area contributed by atoms with Gasteiger partial charge in [-0.2, -0.15) is 0 Å². The second-order valence-corrected chi connectivity index (χ2v) is 4.00. The molecule has 4 heteroatoms. The van der Waals surface area contributed by atoms with Crippen molar-refractivity contribution in [2.24, 2.45) is 5.92 Å². The van der Waals surface area contributed by atoms with E-state index in [1.807, 2.05) is 0 Å². The van der Waals surface area contributed by atoms with Gasteiger partial charge >= 0.3 is 5.97 Å². The van der Waals surface area contributed by atoms with Crippen LogP contribution >= 0.6 is 0 Å². The van der Waals surface area contributed by atoms with Gasteiger partial charge in [0.15, 0.2) is 0 Å². The van der Waals surface area contributed by atoms with E-state index in [0.717, 1.165) is 6.42 Å². The van der Waals surface area contributed by atoms with Crippen molar-refractivity contribution in [1.29, 1.82) is 0 Å². The van der Waals surface area contributed by atoms with Crippen molar-refractivity contribution >= 4 is 11.8 Å². The molecule has 0 saturated heterocycles. The molecule has 0 aliphatic heterocycles. The molecule has 86 valence electrons.